The van der Waals surface area contributed by atoms with Gasteiger partial charge in [-0.05, 0) is 23.5 Å². The molecule has 0 spiro atoms. The largest absolute Gasteiger partial charge is 0.334 e. The van der Waals surface area contributed by atoms with Gasteiger partial charge in [-0.3, -0.25) is 9.59 Å². The van der Waals surface area contributed by atoms with E-state index in [9.17, 15) is 9.59 Å². The average Bonchev–Trinajstić information content (AvgIpc) is 2.69. The average molecular weight is 274 g/mol. The molecule has 1 atom stereocenters. The molecule has 1 unspecified atom stereocenters. The lowest BCUT2D eigenvalue weighted by atomic mass is 9.86. The molecule has 0 aromatic heterocycles. The van der Waals surface area contributed by atoms with Crippen LogP contribution in [0.2, 0.25) is 0 Å². The van der Waals surface area contributed by atoms with Crippen LogP contribution in [-0.4, -0.2) is 29.8 Å². The SMILES string of the molecule is CN1C(=O)CCC1C(=O)Nc1ccccc1C(C)(C)C. The van der Waals surface area contributed by atoms with E-state index < -0.39 is 0 Å². The molecule has 108 valence electrons. The molecule has 1 saturated heterocycles. The Hall–Kier alpha value is -1.84. The summed E-state index contributed by atoms with van der Waals surface area (Å²) in [6, 6.07) is 7.47. The first kappa shape index (κ1) is 14.6. The molecule has 4 heteroatoms. The molecule has 0 saturated carbocycles. The normalized spacial score (nSPS) is 19.3. The summed E-state index contributed by atoms with van der Waals surface area (Å²) >= 11 is 0. The molecule has 1 aromatic rings. The number of nitrogens with zero attached hydrogens (tertiary/aromatic N) is 1. The van der Waals surface area contributed by atoms with Crippen LogP contribution in [0, 0.1) is 0 Å². The van der Waals surface area contributed by atoms with Crippen molar-refractivity contribution in [2.75, 3.05) is 12.4 Å². The third-order valence-corrected chi connectivity index (χ3v) is 3.79. The van der Waals surface area contributed by atoms with Gasteiger partial charge < -0.3 is 10.2 Å². The van der Waals surface area contributed by atoms with Gasteiger partial charge in [-0.1, -0.05) is 39.0 Å². The molecule has 0 bridgehead atoms. The first-order valence-corrected chi connectivity index (χ1v) is 6.97. The van der Waals surface area contributed by atoms with Gasteiger partial charge in [0.15, 0.2) is 0 Å². The second kappa shape index (κ2) is 5.27. The third kappa shape index (κ3) is 2.84. The Morgan fingerprint density at radius 1 is 1.30 bits per heavy atom. The number of benzene rings is 1. The number of likely N-dealkylation sites (N-methyl/N-ethyl adjacent to an activating group) is 1. The van der Waals surface area contributed by atoms with Crippen LogP contribution in [0.15, 0.2) is 24.3 Å². The number of hydrogen-bond donors (Lipinski definition) is 1. The van der Waals surface area contributed by atoms with Crippen molar-refractivity contribution in [1.82, 2.24) is 4.90 Å². The van der Waals surface area contributed by atoms with Gasteiger partial charge in [0.25, 0.3) is 0 Å². The standard InChI is InChI=1S/C16H22N2O2/c1-16(2,3)11-7-5-6-8-12(11)17-15(20)13-9-10-14(19)18(13)4/h5-8,13H,9-10H2,1-4H3,(H,17,20). The molecular formula is C16H22N2O2. The minimum absolute atomic E-state index is 0.0363. The Morgan fingerprint density at radius 3 is 2.50 bits per heavy atom. The highest BCUT2D eigenvalue weighted by Gasteiger charge is 2.33. The van der Waals surface area contributed by atoms with Gasteiger partial charge in [0.05, 0.1) is 0 Å². The van der Waals surface area contributed by atoms with Crippen LogP contribution in [-0.2, 0) is 15.0 Å². The molecule has 20 heavy (non-hydrogen) atoms. The predicted molar refractivity (Wildman–Crippen MR) is 79.6 cm³/mol. The monoisotopic (exact) mass is 274 g/mol. The molecular weight excluding hydrogens is 252 g/mol. The lowest BCUT2D eigenvalue weighted by Gasteiger charge is -2.25. The number of anilines is 1. The molecule has 1 aliphatic heterocycles. The van der Waals surface area contributed by atoms with Gasteiger partial charge in [-0.15, -0.1) is 0 Å². The second-order valence-electron chi connectivity index (χ2n) is 6.34. The Balaban J connectivity index is 2.19. The summed E-state index contributed by atoms with van der Waals surface area (Å²) in [5.74, 6) is -0.0655. The van der Waals surface area contributed by atoms with E-state index in [1.807, 2.05) is 24.3 Å². The number of likely N-dealkylation sites (tertiary alicyclic amines) is 1. The molecule has 1 aliphatic rings. The molecule has 1 N–H and O–H groups in total. The second-order valence-corrected chi connectivity index (χ2v) is 6.34. The minimum Gasteiger partial charge on any atom is -0.334 e. The Labute approximate surface area is 120 Å². The van der Waals surface area contributed by atoms with Crippen molar-refractivity contribution in [3.8, 4) is 0 Å². The van der Waals surface area contributed by atoms with E-state index in [0.717, 1.165) is 11.3 Å². The Bertz CT molecular complexity index is 532. The van der Waals surface area contributed by atoms with E-state index in [4.69, 9.17) is 0 Å². The van der Waals surface area contributed by atoms with E-state index in [1.54, 1.807) is 7.05 Å². The smallest absolute Gasteiger partial charge is 0.247 e. The van der Waals surface area contributed by atoms with Crippen LogP contribution in [0.25, 0.3) is 0 Å². The van der Waals surface area contributed by atoms with E-state index in [-0.39, 0.29) is 23.3 Å². The number of carbonyl (C=O) groups is 2. The number of hydrogen-bond acceptors (Lipinski definition) is 2. The first-order chi connectivity index (χ1) is 9.30. The lowest BCUT2D eigenvalue weighted by Crippen LogP contribution is -2.39. The fourth-order valence-electron chi connectivity index (χ4n) is 2.57. The molecule has 2 amide bonds. The molecule has 1 heterocycles. The van der Waals surface area contributed by atoms with Crippen LogP contribution in [0.5, 0.6) is 0 Å². The van der Waals surface area contributed by atoms with Crippen molar-refractivity contribution in [1.29, 1.82) is 0 Å². The maximum atomic E-state index is 12.3. The number of amides is 2. The third-order valence-electron chi connectivity index (χ3n) is 3.79. The fraction of sp³-hybridized carbons (Fsp3) is 0.500. The van der Waals surface area contributed by atoms with Crippen LogP contribution in [0.4, 0.5) is 5.69 Å². The van der Waals surface area contributed by atoms with Crippen LogP contribution in [0.3, 0.4) is 0 Å². The highest BCUT2D eigenvalue weighted by atomic mass is 16.2. The first-order valence-electron chi connectivity index (χ1n) is 6.97. The van der Waals surface area contributed by atoms with Crippen LogP contribution >= 0.6 is 0 Å². The quantitative estimate of drug-likeness (QED) is 0.901. The summed E-state index contributed by atoms with van der Waals surface area (Å²) in [6.07, 6.45) is 1.05. The van der Waals surface area contributed by atoms with E-state index in [0.29, 0.717) is 12.8 Å². The molecule has 0 radical (unpaired) electrons. The molecule has 0 aliphatic carbocycles. The maximum absolute atomic E-state index is 12.3. The molecule has 2 rings (SSSR count). The van der Waals surface area contributed by atoms with Crippen molar-refractivity contribution < 1.29 is 9.59 Å². The van der Waals surface area contributed by atoms with Gasteiger partial charge in [-0.25, -0.2) is 0 Å². The molecule has 1 aromatic carbocycles. The van der Waals surface area contributed by atoms with Gasteiger partial charge in [0.1, 0.15) is 6.04 Å². The van der Waals surface area contributed by atoms with Crippen molar-refractivity contribution in [2.45, 2.75) is 45.1 Å². The number of rotatable bonds is 2. The molecule has 1 fully saturated rings. The Morgan fingerprint density at radius 2 is 1.95 bits per heavy atom. The summed E-state index contributed by atoms with van der Waals surface area (Å²) in [7, 11) is 1.69. The zero-order valence-corrected chi connectivity index (χ0v) is 12.6. The highest BCUT2D eigenvalue weighted by Crippen LogP contribution is 2.30. The summed E-state index contributed by atoms with van der Waals surface area (Å²) < 4.78 is 0. The fourth-order valence-corrected chi connectivity index (χ4v) is 2.57. The van der Waals surface area contributed by atoms with Crippen molar-refractivity contribution in [3.63, 3.8) is 0 Å². The summed E-state index contributed by atoms with van der Waals surface area (Å²) in [4.78, 5) is 25.4. The van der Waals surface area contributed by atoms with Crippen molar-refractivity contribution >= 4 is 17.5 Å². The van der Waals surface area contributed by atoms with Gasteiger partial charge in [0, 0.05) is 19.2 Å². The zero-order valence-electron chi connectivity index (χ0n) is 12.6. The Kier molecular flexibility index (Phi) is 3.84. The minimum atomic E-state index is -0.351. The lowest BCUT2D eigenvalue weighted by molar-refractivity contribution is -0.131. The number of para-hydroxylation sites is 1. The van der Waals surface area contributed by atoms with E-state index >= 15 is 0 Å². The summed E-state index contributed by atoms with van der Waals surface area (Å²) in [6.45, 7) is 6.34. The van der Waals surface area contributed by atoms with E-state index in [1.165, 1.54) is 4.90 Å². The van der Waals surface area contributed by atoms with Gasteiger partial charge in [0.2, 0.25) is 11.8 Å². The van der Waals surface area contributed by atoms with Gasteiger partial charge >= 0.3 is 0 Å². The topological polar surface area (TPSA) is 49.4 Å². The van der Waals surface area contributed by atoms with Crippen molar-refractivity contribution in [3.05, 3.63) is 29.8 Å². The van der Waals surface area contributed by atoms with Crippen molar-refractivity contribution in [2.24, 2.45) is 0 Å². The maximum Gasteiger partial charge on any atom is 0.247 e. The summed E-state index contributed by atoms with van der Waals surface area (Å²) in [5.41, 5.74) is 1.89. The van der Waals surface area contributed by atoms with Gasteiger partial charge in [-0.2, -0.15) is 0 Å². The van der Waals surface area contributed by atoms with Crippen LogP contribution < -0.4 is 5.32 Å². The van der Waals surface area contributed by atoms with Crippen LogP contribution in [0.1, 0.15) is 39.2 Å². The van der Waals surface area contributed by atoms with E-state index in [2.05, 4.69) is 26.1 Å². The zero-order chi connectivity index (χ0) is 14.9. The number of nitrogens with one attached hydrogen (secondary N) is 1. The predicted octanol–water partition coefficient (Wildman–Crippen LogP) is 2.54. The highest BCUT2D eigenvalue weighted by molar-refractivity contribution is 5.99. The molecule has 4 nitrogen and oxygen atoms in total. The summed E-state index contributed by atoms with van der Waals surface area (Å²) in [5, 5.41) is 2.98. The number of carbonyl (C=O) groups excluding carboxylic acids is 2.